The first-order chi connectivity index (χ1) is 12.0. The van der Waals surface area contributed by atoms with E-state index in [2.05, 4.69) is 4.98 Å². The standard InChI is InChI=1S/C18H18N2O5/c1-18(17(23-2)24-3)10-15(12-5-4-8-19-11-12)14-9-13(20(21)22)6-7-16(14)25-18/h4-11,17H,1-3H3. The summed E-state index contributed by atoms with van der Waals surface area (Å²) in [5.41, 5.74) is 1.32. The monoisotopic (exact) mass is 342 g/mol. The number of aromatic nitrogens is 1. The lowest BCUT2D eigenvalue weighted by Crippen LogP contribution is -2.47. The van der Waals surface area contributed by atoms with Crippen molar-refractivity contribution in [3.05, 3.63) is 70.0 Å². The van der Waals surface area contributed by atoms with Crippen LogP contribution in [0.4, 0.5) is 5.69 Å². The van der Waals surface area contributed by atoms with E-state index in [1.54, 1.807) is 18.5 Å². The number of benzene rings is 1. The third-order valence-corrected chi connectivity index (χ3v) is 4.09. The van der Waals surface area contributed by atoms with E-state index in [0.29, 0.717) is 11.3 Å². The molecule has 0 aliphatic carbocycles. The summed E-state index contributed by atoms with van der Waals surface area (Å²) in [7, 11) is 3.07. The van der Waals surface area contributed by atoms with Crippen molar-refractivity contribution in [3.8, 4) is 5.75 Å². The summed E-state index contributed by atoms with van der Waals surface area (Å²) in [5, 5.41) is 11.2. The maximum absolute atomic E-state index is 11.2. The van der Waals surface area contributed by atoms with Gasteiger partial charge < -0.3 is 14.2 Å². The molecule has 1 aromatic heterocycles. The number of hydrogen-bond acceptors (Lipinski definition) is 6. The van der Waals surface area contributed by atoms with Crippen molar-refractivity contribution >= 4 is 11.3 Å². The molecule has 0 saturated heterocycles. The van der Waals surface area contributed by atoms with E-state index in [0.717, 1.165) is 11.1 Å². The van der Waals surface area contributed by atoms with Crippen molar-refractivity contribution in [1.82, 2.24) is 4.98 Å². The fourth-order valence-corrected chi connectivity index (χ4v) is 3.00. The van der Waals surface area contributed by atoms with Crippen molar-refractivity contribution in [2.75, 3.05) is 14.2 Å². The van der Waals surface area contributed by atoms with Crippen LogP contribution in [0.2, 0.25) is 0 Å². The van der Waals surface area contributed by atoms with Gasteiger partial charge in [0.05, 0.1) is 4.92 Å². The van der Waals surface area contributed by atoms with Crippen LogP contribution in [0.25, 0.3) is 5.57 Å². The van der Waals surface area contributed by atoms with E-state index in [4.69, 9.17) is 14.2 Å². The summed E-state index contributed by atoms with van der Waals surface area (Å²) in [4.78, 5) is 14.9. The normalized spacial score (nSPS) is 19.1. The van der Waals surface area contributed by atoms with E-state index in [1.807, 2.05) is 25.1 Å². The Morgan fingerprint density at radius 1 is 1.28 bits per heavy atom. The molecule has 0 amide bonds. The number of hydrogen-bond donors (Lipinski definition) is 0. The first-order valence-corrected chi connectivity index (χ1v) is 7.65. The van der Waals surface area contributed by atoms with Crippen molar-refractivity contribution in [2.24, 2.45) is 0 Å². The second-order valence-electron chi connectivity index (χ2n) is 5.83. The lowest BCUT2D eigenvalue weighted by Gasteiger charge is -2.38. The van der Waals surface area contributed by atoms with Crippen LogP contribution in [0, 0.1) is 10.1 Å². The Morgan fingerprint density at radius 3 is 2.64 bits per heavy atom. The number of rotatable bonds is 5. The minimum absolute atomic E-state index is 0.00391. The molecule has 1 atom stereocenters. The zero-order valence-electron chi connectivity index (χ0n) is 14.1. The number of methoxy groups -OCH3 is 2. The molecule has 7 heteroatoms. The lowest BCUT2D eigenvalue weighted by molar-refractivity contribution is -0.384. The molecule has 3 rings (SSSR count). The predicted octanol–water partition coefficient (Wildman–Crippen LogP) is 3.19. The lowest BCUT2D eigenvalue weighted by atomic mass is 9.89. The molecule has 0 spiro atoms. The molecule has 1 aromatic carbocycles. The Kier molecular flexibility index (Phi) is 4.52. The van der Waals surface area contributed by atoms with Crippen LogP contribution >= 0.6 is 0 Å². The van der Waals surface area contributed by atoms with E-state index in [1.165, 1.54) is 26.4 Å². The SMILES string of the molecule is COC(OC)C1(C)C=C(c2cccnc2)c2cc([N+](=O)[O-])ccc2O1. The van der Waals surface area contributed by atoms with Gasteiger partial charge in [-0.3, -0.25) is 15.1 Å². The van der Waals surface area contributed by atoms with Crippen molar-refractivity contribution < 1.29 is 19.1 Å². The molecule has 0 fully saturated rings. The van der Waals surface area contributed by atoms with Gasteiger partial charge >= 0.3 is 0 Å². The number of nitro groups is 1. The van der Waals surface area contributed by atoms with E-state index < -0.39 is 16.8 Å². The molecule has 25 heavy (non-hydrogen) atoms. The van der Waals surface area contributed by atoms with Gasteiger partial charge in [-0.2, -0.15) is 0 Å². The van der Waals surface area contributed by atoms with Crippen LogP contribution in [0.5, 0.6) is 5.75 Å². The molecule has 0 N–H and O–H groups in total. The van der Waals surface area contributed by atoms with Crippen LogP contribution in [-0.2, 0) is 9.47 Å². The molecule has 0 radical (unpaired) electrons. The molecule has 2 heterocycles. The van der Waals surface area contributed by atoms with Crippen molar-refractivity contribution in [2.45, 2.75) is 18.8 Å². The minimum atomic E-state index is -0.905. The Hall–Kier alpha value is -2.77. The van der Waals surface area contributed by atoms with Gasteiger partial charge in [-0.05, 0) is 30.7 Å². The fourth-order valence-electron chi connectivity index (χ4n) is 3.00. The Balaban J connectivity index is 2.20. The first-order valence-electron chi connectivity index (χ1n) is 7.65. The number of fused-ring (bicyclic) bond motifs is 1. The summed E-state index contributed by atoms with van der Waals surface area (Å²) in [6.45, 7) is 1.84. The quantitative estimate of drug-likeness (QED) is 0.471. The highest BCUT2D eigenvalue weighted by Gasteiger charge is 2.40. The summed E-state index contributed by atoms with van der Waals surface area (Å²) < 4.78 is 16.9. The molecule has 0 bridgehead atoms. The van der Waals surface area contributed by atoms with Crippen LogP contribution in [0.3, 0.4) is 0 Å². The average Bonchev–Trinajstić information content (AvgIpc) is 2.62. The largest absolute Gasteiger partial charge is 0.477 e. The smallest absolute Gasteiger partial charge is 0.270 e. The van der Waals surface area contributed by atoms with E-state index in [9.17, 15) is 10.1 Å². The molecule has 130 valence electrons. The highest BCUT2D eigenvalue weighted by molar-refractivity contribution is 5.85. The van der Waals surface area contributed by atoms with Crippen molar-refractivity contribution in [3.63, 3.8) is 0 Å². The summed E-state index contributed by atoms with van der Waals surface area (Å²) in [5.74, 6) is 0.522. The Morgan fingerprint density at radius 2 is 2.04 bits per heavy atom. The summed E-state index contributed by atoms with van der Waals surface area (Å²) in [6.07, 6.45) is 4.58. The second-order valence-corrected chi connectivity index (χ2v) is 5.83. The van der Waals surface area contributed by atoms with Crippen LogP contribution in [0.15, 0.2) is 48.8 Å². The van der Waals surface area contributed by atoms with Crippen LogP contribution in [-0.4, -0.2) is 36.0 Å². The maximum Gasteiger partial charge on any atom is 0.270 e. The molecule has 1 aliphatic heterocycles. The summed E-state index contributed by atoms with van der Waals surface area (Å²) >= 11 is 0. The van der Waals surface area contributed by atoms with Gasteiger partial charge in [0.2, 0.25) is 6.29 Å². The van der Waals surface area contributed by atoms with Gasteiger partial charge in [-0.15, -0.1) is 0 Å². The van der Waals surface area contributed by atoms with Gasteiger partial charge in [0.15, 0.2) is 5.60 Å². The van der Waals surface area contributed by atoms with Gasteiger partial charge in [0.1, 0.15) is 5.75 Å². The summed E-state index contributed by atoms with van der Waals surface area (Å²) in [6, 6.07) is 8.21. The predicted molar refractivity (Wildman–Crippen MR) is 91.3 cm³/mol. The van der Waals surface area contributed by atoms with Gasteiger partial charge in [0, 0.05) is 49.9 Å². The fraction of sp³-hybridized carbons (Fsp3) is 0.278. The maximum atomic E-state index is 11.2. The average molecular weight is 342 g/mol. The molecule has 1 unspecified atom stereocenters. The third-order valence-electron chi connectivity index (χ3n) is 4.09. The number of pyridine rings is 1. The number of nitrogens with zero attached hydrogens (tertiary/aromatic N) is 2. The molecular formula is C18H18N2O5. The molecule has 0 saturated carbocycles. The molecule has 7 nitrogen and oxygen atoms in total. The topological polar surface area (TPSA) is 83.7 Å². The van der Waals surface area contributed by atoms with E-state index >= 15 is 0 Å². The number of non-ortho nitro benzene ring substituents is 1. The minimum Gasteiger partial charge on any atom is -0.477 e. The third kappa shape index (κ3) is 3.11. The van der Waals surface area contributed by atoms with E-state index in [-0.39, 0.29) is 5.69 Å². The first kappa shape index (κ1) is 17.1. The zero-order chi connectivity index (χ0) is 18.0. The van der Waals surface area contributed by atoms with Crippen LogP contribution < -0.4 is 4.74 Å². The Labute approximate surface area is 145 Å². The van der Waals surface area contributed by atoms with Crippen LogP contribution in [0.1, 0.15) is 18.1 Å². The highest BCUT2D eigenvalue weighted by atomic mass is 16.7. The van der Waals surface area contributed by atoms with Gasteiger partial charge in [-0.25, -0.2) is 0 Å². The van der Waals surface area contributed by atoms with Gasteiger partial charge in [-0.1, -0.05) is 6.07 Å². The van der Waals surface area contributed by atoms with Crippen molar-refractivity contribution in [1.29, 1.82) is 0 Å². The molecular weight excluding hydrogens is 324 g/mol. The number of ether oxygens (including phenoxy) is 3. The second kappa shape index (κ2) is 6.62. The molecule has 1 aliphatic rings. The Bertz CT molecular complexity index is 817. The highest BCUT2D eigenvalue weighted by Crippen LogP contribution is 2.42. The van der Waals surface area contributed by atoms with Gasteiger partial charge in [0.25, 0.3) is 5.69 Å². The number of nitro benzene ring substituents is 1. The zero-order valence-corrected chi connectivity index (χ0v) is 14.1. The molecule has 2 aromatic rings.